The summed E-state index contributed by atoms with van der Waals surface area (Å²) >= 11 is 6.19. The smallest absolute Gasteiger partial charge is 0.274 e. The van der Waals surface area contributed by atoms with E-state index in [1.54, 1.807) is 6.20 Å². The highest BCUT2D eigenvalue weighted by Crippen LogP contribution is 2.37. The number of carbonyl (C=O) groups is 1. The molecule has 2 heterocycles. The Kier molecular flexibility index (Phi) is 4.16. The van der Waals surface area contributed by atoms with Gasteiger partial charge in [-0.2, -0.15) is 0 Å². The molecule has 5 heteroatoms. The van der Waals surface area contributed by atoms with E-state index >= 15 is 0 Å². The van der Waals surface area contributed by atoms with E-state index in [2.05, 4.69) is 9.97 Å². The fraction of sp³-hybridized carbons (Fsp3) is 0.688. The van der Waals surface area contributed by atoms with Crippen LogP contribution in [0.15, 0.2) is 6.20 Å². The summed E-state index contributed by atoms with van der Waals surface area (Å²) < 4.78 is 0. The van der Waals surface area contributed by atoms with Crippen molar-refractivity contribution >= 4 is 17.5 Å². The second-order valence-corrected chi connectivity index (χ2v) is 6.89. The molecule has 21 heavy (non-hydrogen) atoms. The van der Waals surface area contributed by atoms with Crippen LogP contribution in [0, 0.1) is 5.92 Å². The number of rotatable bonds is 2. The first kappa shape index (κ1) is 14.8. The molecule has 0 radical (unpaired) electrons. The van der Waals surface area contributed by atoms with E-state index in [-0.39, 0.29) is 11.8 Å². The summed E-state index contributed by atoms with van der Waals surface area (Å²) in [6.45, 7) is 4.87. The predicted octanol–water partition coefficient (Wildman–Crippen LogP) is 3.66. The Morgan fingerprint density at radius 1 is 1.33 bits per heavy atom. The third-order valence-electron chi connectivity index (χ3n) is 4.74. The normalized spacial score (nSPS) is 25.2. The van der Waals surface area contributed by atoms with Crippen LogP contribution in [0.3, 0.4) is 0 Å². The SMILES string of the molecule is CC(C)c1ncc(Cl)c(C(=O)N2CCCC3CCCC32)n1. The van der Waals surface area contributed by atoms with Crippen LogP contribution in [0.5, 0.6) is 0 Å². The summed E-state index contributed by atoms with van der Waals surface area (Å²) in [7, 11) is 0. The fourth-order valence-electron chi connectivity index (χ4n) is 3.65. The van der Waals surface area contributed by atoms with Gasteiger partial charge in [-0.1, -0.05) is 31.9 Å². The Hall–Kier alpha value is -1.16. The molecule has 0 bridgehead atoms. The molecule has 0 aromatic carbocycles. The number of nitrogens with zero attached hydrogens (tertiary/aromatic N) is 3. The maximum absolute atomic E-state index is 12.9. The zero-order chi connectivity index (χ0) is 15.0. The molecule has 4 nitrogen and oxygen atoms in total. The third kappa shape index (κ3) is 2.78. The van der Waals surface area contributed by atoms with Crippen LogP contribution in [-0.4, -0.2) is 33.4 Å². The van der Waals surface area contributed by atoms with Gasteiger partial charge in [-0.3, -0.25) is 4.79 Å². The lowest BCUT2D eigenvalue weighted by atomic mass is 9.91. The molecular weight excluding hydrogens is 286 g/mol. The summed E-state index contributed by atoms with van der Waals surface area (Å²) in [4.78, 5) is 23.5. The van der Waals surface area contributed by atoms with Gasteiger partial charge in [-0.05, 0) is 31.6 Å². The quantitative estimate of drug-likeness (QED) is 0.837. The van der Waals surface area contributed by atoms with Gasteiger partial charge in [0.15, 0.2) is 5.69 Å². The second-order valence-electron chi connectivity index (χ2n) is 6.48. The molecule has 1 amide bonds. The molecule has 1 aromatic heterocycles. The highest BCUT2D eigenvalue weighted by Gasteiger charge is 2.38. The Balaban J connectivity index is 1.89. The minimum atomic E-state index is -0.0131. The van der Waals surface area contributed by atoms with Gasteiger partial charge >= 0.3 is 0 Å². The van der Waals surface area contributed by atoms with Gasteiger partial charge in [0.1, 0.15) is 5.82 Å². The fourth-order valence-corrected chi connectivity index (χ4v) is 3.82. The highest BCUT2D eigenvalue weighted by molar-refractivity contribution is 6.33. The maximum Gasteiger partial charge on any atom is 0.274 e. The van der Waals surface area contributed by atoms with E-state index in [1.165, 1.54) is 19.3 Å². The van der Waals surface area contributed by atoms with Crippen molar-refractivity contribution in [3.8, 4) is 0 Å². The average Bonchev–Trinajstić information content (AvgIpc) is 2.95. The number of hydrogen-bond acceptors (Lipinski definition) is 3. The van der Waals surface area contributed by atoms with Gasteiger partial charge in [0.25, 0.3) is 5.91 Å². The van der Waals surface area contributed by atoms with E-state index in [1.807, 2.05) is 18.7 Å². The van der Waals surface area contributed by atoms with Crippen molar-refractivity contribution in [2.45, 2.75) is 57.9 Å². The number of amides is 1. The Bertz CT molecular complexity index is 546. The van der Waals surface area contributed by atoms with Crippen LogP contribution in [0.25, 0.3) is 0 Å². The number of fused-ring (bicyclic) bond motifs is 1. The summed E-state index contributed by atoms with van der Waals surface area (Å²) in [6, 6.07) is 0.389. The molecular formula is C16H22ClN3O. The maximum atomic E-state index is 12.9. The molecule has 1 aliphatic heterocycles. The van der Waals surface area contributed by atoms with Crippen LogP contribution >= 0.6 is 11.6 Å². The predicted molar refractivity (Wildman–Crippen MR) is 82.5 cm³/mol. The molecule has 2 fully saturated rings. The molecule has 114 valence electrons. The lowest BCUT2D eigenvalue weighted by molar-refractivity contribution is 0.0542. The van der Waals surface area contributed by atoms with E-state index < -0.39 is 0 Å². The summed E-state index contributed by atoms with van der Waals surface area (Å²) in [6.07, 6.45) is 7.51. The van der Waals surface area contributed by atoms with Crippen molar-refractivity contribution in [1.29, 1.82) is 0 Å². The number of likely N-dealkylation sites (tertiary alicyclic amines) is 1. The highest BCUT2D eigenvalue weighted by atomic mass is 35.5. The minimum absolute atomic E-state index is 0.0131. The number of aromatic nitrogens is 2. The van der Waals surface area contributed by atoms with Crippen molar-refractivity contribution in [3.63, 3.8) is 0 Å². The Labute approximate surface area is 130 Å². The summed E-state index contributed by atoms with van der Waals surface area (Å²) in [5.74, 6) is 1.53. The lowest BCUT2D eigenvalue weighted by Gasteiger charge is -2.37. The third-order valence-corrected chi connectivity index (χ3v) is 5.01. The second kappa shape index (κ2) is 5.91. The largest absolute Gasteiger partial charge is 0.334 e. The molecule has 1 aromatic rings. The molecule has 1 saturated heterocycles. The van der Waals surface area contributed by atoms with Crippen LogP contribution < -0.4 is 0 Å². The van der Waals surface area contributed by atoms with E-state index in [0.717, 1.165) is 19.4 Å². The lowest BCUT2D eigenvalue weighted by Crippen LogP contribution is -2.46. The van der Waals surface area contributed by atoms with Crippen molar-refractivity contribution < 1.29 is 4.79 Å². The molecule has 3 rings (SSSR count). The molecule has 2 aliphatic rings. The van der Waals surface area contributed by atoms with Crippen molar-refractivity contribution in [3.05, 3.63) is 22.7 Å². The monoisotopic (exact) mass is 307 g/mol. The number of halogens is 1. The first-order valence-corrected chi connectivity index (χ1v) is 8.29. The number of piperidine rings is 1. The van der Waals surface area contributed by atoms with Crippen LogP contribution in [0.1, 0.15) is 68.2 Å². The average molecular weight is 308 g/mol. The number of carbonyl (C=O) groups excluding carboxylic acids is 1. The first-order valence-electron chi connectivity index (χ1n) is 7.91. The van der Waals surface area contributed by atoms with E-state index in [9.17, 15) is 4.79 Å². The van der Waals surface area contributed by atoms with Crippen LogP contribution in [0.2, 0.25) is 5.02 Å². The number of hydrogen-bond donors (Lipinski definition) is 0. The van der Waals surface area contributed by atoms with Gasteiger partial charge in [-0.25, -0.2) is 9.97 Å². The molecule has 1 saturated carbocycles. The van der Waals surface area contributed by atoms with Gasteiger partial charge in [-0.15, -0.1) is 0 Å². The Morgan fingerprint density at radius 2 is 2.10 bits per heavy atom. The van der Waals surface area contributed by atoms with Crippen LogP contribution in [-0.2, 0) is 0 Å². The topological polar surface area (TPSA) is 46.1 Å². The van der Waals surface area contributed by atoms with Crippen molar-refractivity contribution in [2.75, 3.05) is 6.54 Å². The summed E-state index contributed by atoms with van der Waals surface area (Å²) in [5.41, 5.74) is 0.378. The zero-order valence-electron chi connectivity index (χ0n) is 12.7. The van der Waals surface area contributed by atoms with Gasteiger partial charge in [0.05, 0.1) is 11.2 Å². The first-order chi connectivity index (χ1) is 10.1. The molecule has 0 N–H and O–H groups in total. The van der Waals surface area contributed by atoms with E-state index in [4.69, 9.17) is 11.6 Å². The van der Waals surface area contributed by atoms with Gasteiger partial charge < -0.3 is 4.90 Å². The molecule has 0 spiro atoms. The molecule has 2 atom stereocenters. The van der Waals surface area contributed by atoms with Crippen molar-refractivity contribution in [1.82, 2.24) is 14.9 Å². The van der Waals surface area contributed by atoms with Gasteiger partial charge in [0.2, 0.25) is 0 Å². The van der Waals surface area contributed by atoms with E-state index in [0.29, 0.717) is 28.5 Å². The summed E-state index contributed by atoms with van der Waals surface area (Å²) in [5, 5.41) is 0.365. The Morgan fingerprint density at radius 3 is 2.86 bits per heavy atom. The van der Waals surface area contributed by atoms with Crippen LogP contribution in [0.4, 0.5) is 0 Å². The zero-order valence-corrected chi connectivity index (χ0v) is 13.4. The minimum Gasteiger partial charge on any atom is -0.334 e. The standard InChI is InChI=1S/C16H22ClN3O/c1-10(2)15-18-9-12(17)14(19-15)16(21)20-8-4-6-11-5-3-7-13(11)20/h9-11,13H,3-8H2,1-2H3. The molecule has 2 unspecified atom stereocenters. The van der Waals surface area contributed by atoms with Gasteiger partial charge in [0, 0.05) is 18.5 Å². The molecule has 1 aliphatic carbocycles. The van der Waals surface area contributed by atoms with Crippen molar-refractivity contribution in [2.24, 2.45) is 5.92 Å².